The van der Waals surface area contributed by atoms with Crippen LogP contribution in [0, 0.1) is 0 Å². The van der Waals surface area contributed by atoms with Crippen LogP contribution in [0.4, 0.5) is 5.69 Å². The van der Waals surface area contributed by atoms with Crippen molar-refractivity contribution in [3.8, 4) is 0 Å². The maximum Gasteiger partial charge on any atom is 0.291 e. The Morgan fingerprint density at radius 1 is 1.15 bits per heavy atom. The maximum atomic E-state index is 12.2. The molecule has 0 saturated heterocycles. The van der Waals surface area contributed by atoms with Gasteiger partial charge in [0.15, 0.2) is 5.76 Å². The Kier molecular flexibility index (Phi) is 3.51. The lowest BCUT2D eigenvalue weighted by atomic mass is 10.2. The Hall–Kier alpha value is -1.78. The molecule has 1 N–H and O–H groups in total. The zero-order valence-electron chi connectivity index (χ0n) is 10.2. The lowest BCUT2D eigenvalue weighted by Crippen LogP contribution is -2.11. The SMILES string of the molecule is O=C(Nc1ccc(Cl)cc1Br)c1cc2ccccc2o1. The van der Waals surface area contributed by atoms with Crippen molar-refractivity contribution in [2.75, 3.05) is 5.32 Å². The van der Waals surface area contributed by atoms with Crippen LogP contribution in [-0.2, 0) is 0 Å². The van der Waals surface area contributed by atoms with Gasteiger partial charge in [-0.3, -0.25) is 4.79 Å². The van der Waals surface area contributed by atoms with Gasteiger partial charge >= 0.3 is 0 Å². The summed E-state index contributed by atoms with van der Waals surface area (Å²) in [6.07, 6.45) is 0. The molecule has 0 saturated carbocycles. The highest BCUT2D eigenvalue weighted by molar-refractivity contribution is 9.10. The van der Waals surface area contributed by atoms with E-state index in [-0.39, 0.29) is 11.7 Å². The van der Waals surface area contributed by atoms with Gasteiger partial charge in [0.2, 0.25) is 0 Å². The molecular formula is C15H9BrClNO2. The molecule has 3 aromatic rings. The van der Waals surface area contributed by atoms with Gasteiger partial charge in [0.1, 0.15) is 5.58 Å². The molecule has 0 atom stereocenters. The Morgan fingerprint density at radius 3 is 2.70 bits per heavy atom. The molecule has 3 rings (SSSR count). The third-order valence-electron chi connectivity index (χ3n) is 2.83. The van der Waals surface area contributed by atoms with Crippen LogP contribution in [0.15, 0.2) is 57.4 Å². The van der Waals surface area contributed by atoms with E-state index >= 15 is 0 Å². The summed E-state index contributed by atoms with van der Waals surface area (Å²) in [4.78, 5) is 12.2. The van der Waals surface area contributed by atoms with E-state index in [0.29, 0.717) is 16.3 Å². The second kappa shape index (κ2) is 5.31. The molecule has 0 aliphatic heterocycles. The van der Waals surface area contributed by atoms with Gasteiger partial charge < -0.3 is 9.73 Å². The summed E-state index contributed by atoms with van der Waals surface area (Å²) in [5, 5.41) is 4.27. The van der Waals surface area contributed by atoms with Crippen LogP contribution in [0.25, 0.3) is 11.0 Å². The highest BCUT2D eigenvalue weighted by Crippen LogP contribution is 2.27. The number of benzene rings is 2. The Bertz CT molecular complexity index is 764. The van der Waals surface area contributed by atoms with Crippen molar-refractivity contribution in [3.05, 3.63) is 63.8 Å². The van der Waals surface area contributed by atoms with Crippen LogP contribution < -0.4 is 5.32 Å². The maximum absolute atomic E-state index is 12.2. The van der Waals surface area contributed by atoms with Crippen LogP contribution in [0.3, 0.4) is 0 Å². The van der Waals surface area contributed by atoms with Crippen molar-refractivity contribution in [2.24, 2.45) is 0 Å². The fraction of sp³-hybridized carbons (Fsp3) is 0. The lowest BCUT2D eigenvalue weighted by Gasteiger charge is -2.05. The predicted octanol–water partition coefficient (Wildman–Crippen LogP) is 5.10. The second-order valence-corrected chi connectivity index (χ2v) is 5.52. The predicted molar refractivity (Wildman–Crippen MR) is 83.3 cm³/mol. The van der Waals surface area contributed by atoms with Gasteiger partial charge in [-0.15, -0.1) is 0 Å². The quantitative estimate of drug-likeness (QED) is 0.698. The van der Waals surface area contributed by atoms with E-state index in [1.54, 1.807) is 24.3 Å². The molecular weight excluding hydrogens is 342 g/mol. The molecule has 0 aliphatic carbocycles. The summed E-state index contributed by atoms with van der Waals surface area (Å²) in [6, 6.07) is 14.4. The van der Waals surface area contributed by atoms with Gasteiger partial charge in [-0.2, -0.15) is 0 Å². The van der Waals surface area contributed by atoms with E-state index in [0.717, 1.165) is 9.86 Å². The fourth-order valence-electron chi connectivity index (χ4n) is 1.87. The number of amides is 1. The van der Waals surface area contributed by atoms with Gasteiger partial charge in [-0.1, -0.05) is 29.8 Å². The van der Waals surface area contributed by atoms with Crippen molar-refractivity contribution >= 4 is 50.1 Å². The summed E-state index contributed by atoms with van der Waals surface area (Å²) >= 11 is 9.22. The molecule has 0 fully saturated rings. The normalized spacial score (nSPS) is 10.7. The first-order valence-corrected chi connectivity index (χ1v) is 7.05. The number of halogens is 2. The molecule has 0 aliphatic rings. The Balaban J connectivity index is 1.89. The molecule has 5 heteroatoms. The zero-order valence-corrected chi connectivity index (χ0v) is 12.5. The largest absolute Gasteiger partial charge is 0.451 e. The summed E-state index contributed by atoms with van der Waals surface area (Å²) in [5.74, 6) is -0.0303. The minimum Gasteiger partial charge on any atom is -0.451 e. The van der Waals surface area contributed by atoms with Gasteiger partial charge in [0, 0.05) is 14.9 Å². The van der Waals surface area contributed by atoms with E-state index in [4.69, 9.17) is 16.0 Å². The molecule has 1 aromatic heterocycles. The lowest BCUT2D eigenvalue weighted by molar-refractivity contribution is 0.0998. The van der Waals surface area contributed by atoms with Gasteiger partial charge in [0.25, 0.3) is 5.91 Å². The number of carbonyl (C=O) groups is 1. The number of hydrogen-bond acceptors (Lipinski definition) is 2. The van der Waals surface area contributed by atoms with Crippen molar-refractivity contribution in [1.82, 2.24) is 0 Å². The van der Waals surface area contributed by atoms with Crippen LogP contribution in [-0.4, -0.2) is 5.91 Å². The molecule has 3 nitrogen and oxygen atoms in total. The highest BCUT2D eigenvalue weighted by Gasteiger charge is 2.13. The van der Waals surface area contributed by atoms with Gasteiger partial charge in [-0.05, 0) is 46.3 Å². The minimum atomic E-state index is -0.302. The third-order valence-corrected chi connectivity index (χ3v) is 3.72. The van der Waals surface area contributed by atoms with Crippen LogP contribution in [0.5, 0.6) is 0 Å². The first-order valence-electron chi connectivity index (χ1n) is 5.88. The smallest absolute Gasteiger partial charge is 0.291 e. The topological polar surface area (TPSA) is 42.2 Å². The average molecular weight is 351 g/mol. The molecule has 0 unspecified atom stereocenters. The average Bonchev–Trinajstić information content (AvgIpc) is 2.86. The van der Waals surface area contributed by atoms with E-state index in [2.05, 4.69) is 21.2 Å². The monoisotopic (exact) mass is 349 g/mol. The third kappa shape index (κ3) is 2.57. The van der Waals surface area contributed by atoms with Crippen molar-refractivity contribution in [3.63, 3.8) is 0 Å². The van der Waals surface area contributed by atoms with Gasteiger partial charge in [-0.25, -0.2) is 0 Å². The van der Waals surface area contributed by atoms with E-state index in [1.807, 2.05) is 24.3 Å². The summed E-state index contributed by atoms with van der Waals surface area (Å²) in [6.45, 7) is 0. The van der Waals surface area contributed by atoms with E-state index < -0.39 is 0 Å². The zero-order chi connectivity index (χ0) is 14.1. The standard InChI is InChI=1S/C15H9BrClNO2/c16-11-8-10(17)5-6-12(11)18-15(19)14-7-9-3-1-2-4-13(9)20-14/h1-8H,(H,18,19). The van der Waals surface area contributed by atoms with Crippen molar-refractivity contribution in [1.29, 1.82) is 0 Å². The van der Waals surface area contributed by atoms with Crippen LogP contribution >= 0.6 is 27.5 Å². The number of anilines is 1. The molecule has 0 spiro atoms. The number of nitrogens with one attached hydrogen (secondary N) is 1. The van der Waals surface area contributed by atoms with Crippen LogP contribution in [0.2, 0.25) is 5.02 Å². The molecule has 1 heterocycles. The molecule has 100 valence electrons. The molecule has 1 amide bonds. The van der Waals surface area contributed by atoms with Crippen LogP contribution in [0.1, 0.15) is 10.6 Å². The Morgan fingerprint density at radius 2 is 1.95 bits per heavy atom. The minimum absolute atomic E-state index is 0.271. The molecule has 2 aromatic carbocycles. The number of rotatable bonds is 2. The number of furan rings is 1. The molecule has 0 bridgehead atoms. The summed E-state index contributed by atoms with van der Waals surface area (Å²) in [5.41, 5.74) is 1.33. The summed E-state index contributed by atoms with van der Waals surface area (Å²) < 4.78 is 6.23. The molecule has 0 radical (unpaired) electrons. The van der Waals surface area contributed by atoms with E-state index in [9.17, 15) is 4.79 Å². The van der Waals surface area contributed by atoms with E-state index in [1.165, 1.54) is 0 Å². The number of hydrogen-bond donors (Lipinski definition) is 1. The van der Waals surface area contributed by atoms with Crippen molar-refractivity contribution in [2.45, 2.75) is 0 Å². The van der Waals surface area contributed by atoms with Gasteiger partial charge in [0.05, 0.1) is 5.69 Å². The number of fused-ring (bicyclic) bond motifs is 1. The molecule has 20 heavy (non-hydrogen) atoms. The Labute approximate surface area is 128 Å². The second-order valence-electron chi connectivity index (χ2n) is 4.23. The van der Waals surface area contributed by atoms with Crippen molar-refractivity contribution < 1.29 is 9.21 Å². The number of carbonyl (C=O) groups excluding carboxylic acids is 1. The first kappa shape index (κ1) is 13.2. The number of para-hydroxylation sites is 1. The first-order chi connectivity index (χ1) is 9.63. The highest BCUT2D eigenvalue weighted by atomic mass is 79.9. The summed E-state index contributed by atoms with van der Waals surface area (Å²) in [7, 11) is 0. The fourth-order valence-corrected chi connectivity index (χ4v) is 2.65.